The van der Waals surface area contributed by atoms with Crippen LogP contribution in [-0.2, 0) is 6.54 Å². The molecule has 84 valence electrons. The molecule has 0 radical (unpaired) electrons. The fourth-order valence-corrected chi connectivity index (χ4v) is 1.69. The Morgan fingerprint density at radius 3 is 2.67 bits per heavy atom. The van der Waals surface area contributed by atoms with Crippen LogP contribution in [0.4, 0.5) is 5.69 Å². The van der Waals surface area contributed by atoms with Gasteiger partial charge in [0.25, 0.3) is 0 Å². The first-order valence-electron chi connectivity index (χ1n) is 5.39. The molecule has 0 atom stereocenters. The second kappa shape index (κ2) is 5.99. The molecule has 0 aromatic heterocycles. The van der Waals surface area contributed by atoms with Gasteiger partial charge in [0.1, 0.15) is 0 Å². The van der Waals surface area contributed by atoms with Crippen LogP contribution in [0.1, 0.15) is 19.4 Å². The highest BCUT2D eigenvalue weighted by Crippen LogP contribution is 2.23. The summed E-state index contributed by atoms with van der Waals surface area (Å²) < 4.78 is 0. The van der Waals surface area contributed by atoms with E-state index in [4.69, 9.17) is 11.6 Å². The molecular formula is C12H19ClN2. The number of anilines is 1. The van der Waals surface area contributed by atoms with Crippen molar-refractivity contribution in [3.63, 3.8) is 0 Å². The molecule has 0 amide bonds. The summed E-state index contributed by atoms with van der Waals surface area (Å²) in [5, 5.41) is 4.13. The molecule has 0 heterocycles. The Labute approximate surface area is 97.2 Å². The van der Waals surface area contributed by atoms with Gasteiger partial charge >= 0.3 is 0 Å². The fourth-order valence-electron chi connectivity index (χ4n) is 1.50. The van der Waals surface area contributed by atoms with E-state index < -0.39 is 0 Å². The number of nitrogens with zero attached hydrogens (tertiary/aromatic N) is 1. The average Bonchev–Trinajstić information content (AvgIpc) is 2.25. The van der Waals surface area contributed by atoms with E-state index in [0.717, 1.165) is 24.7 Å². The van der Waals surface area contributed by atoms with E-state index in [2.05, 4.69) is 37.2 Å². The van der Waals surface area contributed by atoms with E-state index in [9.17, 15) is 0 Å². The van der Waals surface area contributed by atoms with Gasteiger partial charge in [-0.15, -0.1) is 0 Å². The lowest BCUT2D eigenvalue weighted by molar-refractivity contribution is 0.724. The molecule has 0 saturated carbocycles. The van der Waals surface area contributed by atoms with Gasteiger partial charge in [0.2, 0.25) is 0 Å². The molecule has 1 N–H and O–H groups in total. The molecule has 0 bridgehead atoms. The summed E-state index contributed by atoms with van der Waals surface area (Å²) in [4.78, 5) is 2.23. The Morgan fingerprint density at radius 1 is 1.33 bits per heavy atom. The Balaban J connectivity index is 2.92. The van der Waals surface area contributed by atoms with Crippen LogP contribution in [0.25, 0.3) is 0 Å². The van der Waals surface area contributed by atoms with Crippen molar-refractivity contribution >= 4 is 17.3 Å². The Bertz CT molecular complexity index is 312. The average molecular weight is 227 g/mol. The van der Waals surface area contributed by atoms with Gasteiger partial charge in [-0.1, -0.05) is 18.5 Å². The van der Waals surface area contributed by atoms with Gasteiger partial charge in [-0.25, -0.2) is 0 Å². The third-order valence-electron chi connectivity index (χ3n) is 2.49. The van der Waals surface area contributed by atoms with Crippen molar-refractivity contribution in [3.8, 4) is 0 Å². The second-order valence-corrected chi connectivity index (χ2v) is 4.00. The minimum atomic E-state index is 0.802. The van der Waals surface area contributed by atoms with Crippen molar-refractivity contribution in [2.24, 2.45) is 0 Å². The highest BCUT2D eigenvalue weighted by molar-refractivity contribution is 6.30. The molecule has 0 aliphatic carbocycles. The highest BCUT2D eigenvalue weighted by atomic mass is 35.5. The molecule has 0 spiro atoms. The van der Waals surface area contributed by atoms with Crippen LogP contribution in [0, 0.1) is 0 Å². The lowest BCUT2D eigenvalue weighted by Gasteiger charge is -2.21. The van der Waals surface area contributed by atoms with Crippen molar-refractivity contribution in [3.05, 3.63) is 28.8 Å². The summed E-state index contributed by atoms with van der Waals surface area (Å²) in [5.74, 6) is 0. The summed E-state index contributed by atoms with van der Waals surface area (Å²) in [6.45, 7) is 7.10. The van der Waals surface area contributed by atoms with E-state index in [1.807, 2.05) is 12.1 Å². The smallest absolute Gasteiger partial charge is 0.0410 e. The van der Waals surface area contributed by atoms with E-state index >= 15 is 0 Å². The molecule has 0 saturated heterocycles. The van der Waals surface area contributed by atoms with Crippen molar-refractivity contribution < 1.29 is 0 Å². The van der Waals surface area contributed by atoms with E-state index in [0.29, 0.717) is 0 Å². The SMILES string of the molecule is CCNCc1cc(Cl)ccc1N(C)CC. The lowest BCUT2D eigenvalue weighted by atomic mass is 10.1. The molecule has 0 aliphatic heterocycles. The molecule has 0 fully saturated rings. The maximum Gasteiger partial charge on any atom is 0.0410 e. The van der Waals surface area contributed by atoms with Gasteiger partial charge in [-0.2, -0.15) is 0 Å². The van der Waals surface area contributed by atoms with Gasteiger partial charge in [-0.05, 0) is 37.2 Å². The van der Waals surface area contributed by atoms with Crippen LogP contribution in [0.2, 0.25) is 5.02 Å². The molecule has 2 nitrogen and oxygen atoms in total. The first-order chi connectivity index (χ1) is 7.19. The van der Waals surface area contributed by atoms with E-state index in [1.54, 1.807) is 0 Å². The standard InChI is InChI=1S/C12H19ClN2/c1-4-14-9-10-8-11(13)6-7-12(10)15(3)5-2/h6-8,14H,4-5,9H2,1-3H3. The van der Waals surface area contributed by atoms with Crippen LogP contribution < -0.4 is 10.2 Å². The summed E-state index contributed by atoms with van der Waals surface area (Å²) >= 11 is 6.00. The fraction of sp³-hybridized carbons (Fsp3) is 0.500. The predicted octanol–water partition coefficient (Wildman–Crippen LogP) is 2.91. The molecule has 15 heavy (non-hydrogen) atoms. The molecule has 3 heteroatoms. The zero-order chi connectivity index (χ0) is 11.3. The number of halogens is 1. The van der Waals surface area contributed by atoms with Crippen molar-refractivity contribution in [2.45, 2.75) is 20.4 Å². The van der Waals surface area contributed by atoms with Crippen LogP contribution in [0.15, 0.2) is 18.2 Å². The molecule has 0 unspecified atom stereocenters. The highest BCUT2D eigenvalue weighted by Gasteiger charge is 2.06. The maximum atomic E-state index is 6.00. The zero-order valence-electron chi connectivity index (χ0n) is 9.68. The van der Waals surface area contributed by atoms with Crippen molar-refractivity contribution in [1.29, 1.82) is 0 Å². The Hall–Kier alpha value is -0.730. The third kappa shape index (κ3) is 3.40. The van der Waals surface area contributed by atoms with Gasteiger partial charge in [0, 0.05) is 30.8 Å². The van der Waals surface area contributed by atoms with Gasteiger partial charge < -0.3 is 10.2 Å². The monoisotopic (exact) mass is 226 g/mol. The topological polar surface area (TPSA) is 15.3 Å². The quantitative estimate of drug-likeness (QED) is 0.831. The second-order valence-electron chi connectivity index (χ2n) is 3.57. The van der Waals surface area contributed by atoms with Crippen molar-refractivity contribution in [1.82, 2.24) is 5.32 Å². The molecule has 1 aromatic rings. The Kier molecular flexibility index (Phi) is 4.92. The minimum absolute atomic E-state index is 0.802. The van der Waals surface area contributed by atoms with Crippen LogP contribution in [-0.4, -0.2) is 20.1 Å². The molecular weight excluding hydrogens is 208 g/mol. The summed E-state index contributed by atoms with van der Waals surface area (Å²) in [5.41, 5.74) is 2.51. The number of hydrogen-bond acceptors (Lipinski definition) is 2. The largest absolute Gasteiger partial charge is 0.375 e. The first-order valence-corrected chi connectivity index (χ1v) is 5.77. The van der Waals surface area contributed by atoms with Crippen LogP contribution in [0.3, 0.4) is 0 Å². The van der Waals surface area contributed by atoms with Crippen LogP contribution in [0.5, 0.6) is 0 Å². The third-order valence-corrected chi connectivity index (χ3v) is 2.73. The van der Waals surface area contributed by atoms with Crippen LogP contribution >= 0.6 is 11.6 Å². The Morgan fingerprint density at radius 2 is 2.07 bits per heavy atom. The van der Waals surface area contributed by atoms with Gasteiger partial charge in [0.05, 0.1) is 0 Å². The predicted molar refractivity (Wildman–Crippen MR) is 67.8 cm³/mol. The number of nitrogens with one attached hydrogen (secondary N) is 1. The molecule has 1 aromatic carbocycles. The van der Waals surface area contributed by atoms with E-state index in [1.165, 1.54) is 11.3 Å². The van der Waals surface area contributed by atoms with Gasteiger partial charge in [-0.3, -0.25) is 0 Å². The number of rotatable bonds is 5. The first kappa shape index (κ1) is 12.3. The molecule has 0 aliphatic rings. The number of hydrogen-bond donors (Lipinski definition) is 1. The lowest BCUT2D eigenvalue weighted by Crippen LogP contribution is -2.20. The molecule has 1 rings (SSSR count). The zero-order valence-corrected chi connectivity index (χ0v) is 10.4. The summed E-state index contributed by atoms with van der Waals surface area (Å²) in [6, 6.07) is 6.06. The summed E-state index contributed by atoms with van der Waals surface area (Å²) in [6.07, 6.45) is 0. The van der Waals surface area contributed by atoms with E-state index in [-0.39, 0.29) is 0 Å². The summed E-state index contributed by atoms with van der Waals surface area (Å²) in [7, 11) is 2.10. The minimum Gasteiger partial charge on any atom is -0.375 e. The maximum absolute atomic E-state index is 6.00. The van der Waals surface area contributed by atoms with Crippen molar-refractivity contribution in [2.75, 3.05) is 25.0 Å². The van der Waals surface area contributed by atoms with Gasteiger partial charge in [0.15, 0.2) is 0 Å². The normalized spacial score (nSPS) is 10.4. The number of benzene rings is 1.